The molecule has 1 aliphatic rings. The molecule has 6 heteroatoms. The van der Waals surface area contributed by atoms with E-state index in [0.717, 1.165) is 12.8 Å². The Hall–Kier alpha value is -1.27. The Morgan fingerprint density at radius 3 is 2.62 bits per heavy atom. The van der Waals surface area contributed by atoms with Gasteiger partial charge in [-0.3, -0.25) is 0 Å². The number of benzene rings is 1. The zero-order chi connectivity index (χ0) is 15.5. The normalized spacial score (nSPS) is 15.3. The first-order valence-electron chi connectivity index (χ1n) is 7.06. The monoisotopic (exact) mass is 302 g/mol. The van der Waals surface area contributed by atoms with Crippen molar-refractivity contribution in [1.29, 1.82) is 0 Å². The van der Waals surface area contributed by atoms with Gasteiger partial charge in [0.25, 0.3) is 0 Å². The van der Waals surface area contributed by atoms with E-state index in [1.165, 1.54) is 6.07 Å². The standard InChI is InChI=1S/C15H21F3N2O/c1-20(12-5-6-12)13-4-3-11(10-19-7-8-21-2)14(9-13)15(16,17)18/h3-4,9,12,19H,5-8,10H2,1-2H3. The van der Waals surface area contributed by atoms with Crippen LogP contribution >= 0.6 is 0 Å². The number of hydrogen-bond acceptors (Lipinski definition) is 3. The van der Waals surface area contributed by atoms with Gasteiger partial charge in [0.05, 0.1) is 12.2 Å². The summed E-state index contributed by atoms with van der Waals surface area (Å²) >= 11 is 0. The largest absolute Gasteiger partial charge is 0.416 e. The van der Waals surface area contributed by atoms with Crippen LogP contribution in [0.4, 0.5) is 18.9 Å². The fourth-order valence-electron chi connectivity index (χ4n) is 2.27. The zero-order valence-electron chi connectivity index (χ0n) is 12.3. The lowest BCUT2D eigenvalue weighted by Gasteiger charge is -2.22. The summed E-state index contributed by atoms with van der Waals surface area (Å²) in [5, 5.41) is 2.96. The molecule has 2 rings (SSSR count). The van der Waals surface area contributed by atoms with Crippen molar-refractivity contribution in [1.82, 2.24) is 5.32 Å². The van der Waals surface area contributed by atoms with Crippen molar-refractivity contribution in [2.75, 3.05) is 32.2 Å². The summed E-state index contributed by atoms with van der Waals surface area (Å²) in [5.41, 5.74) is 0.342. The van der Waals surface area contributed by atoms with E-state index < -0.39 is 11.7 Å². The van der Waals surface area contributed by atoms with Gasteiger partial charge in [0.2, 0.25) is 0 Å². The van der Waals surface area contributed by atoms with Crippen LogP contribution in [0.1, 0.15) is 24.0 Å². The van der Waals surface area contributed by atoms with Gasteiger partial charge in [-0.05, 0) is 30.5 Å². The summed E-state index contributed by atoms with van der Waals surface area (Å²) < 4.78 is 44.5. The SMILES string of the molecule is COCCNCc1ccc(N(C)C2CC2)cc1C(F)(F)F. The summed E-state index contributed by atoms with van der Waals surface area (Å²) in [7, 11) is 3.41. The molecule has 0 amide bonds. The molecule has 0 radical (unpaired) electrons. The lowest BCUT2D eigenvalue weighted by Crippen LogP contribution is -2.23. The quantitative estimate of drug-likeness (QED) is 0.784. The topological polar surface area (TPSA) is 24.5 Å². The molecule has 0 aromatic heterocycles. The van der Waals surface area contributed by atoms with Gasteiger partial charge < -0.3 is 15.0 Å². The second-order valence-corrected chi connectivity index (χ2v) is 5.35. The highest BCUT2D eigenvalue weighted by molar-refractivity contribution is 5.53. The van der Waals surface area contributed by atoms with Crippen molar-refractivity contribution in [2.45, 2.75) is 31.6 Å². The lowest BCUT2D eigenvalue weighted by molar-refractivity contribution is -0.138. The summed E-state index contributed by atoms with van der Waals surface area (Å²) in [6.07, 6.45) is -2.23. The molecule has 1 aromatic carbocycles. The lowest BCUT2D eigenvalue weighted by atomic mass is 10.1. The molecule has 0 aliphatic heterocycles. The highest BCUT2D eigenvalue weighted by Crippen LogP contribution is 2.37. The minimum Gasteiger partial charge on any atom is -0.383 e. The van der Waals surface area contributed by atoms with E-state index in [2.05, 4.69) is 5.32 Å². The molecule has 0 saturated heterocycles. The number of anilines is 1. The number of halogens is 3. The van der Waals surface area contributed by atoms with Crippen LogP contribution in [0.25, 0.3) is 0 Å². The third-order valence-electron chi connectivity index (χ3n) is 3.70. The zero-order valence-corrected chi connectivity index (χ0v) is 12.3. The number of alkyl halides is 3. The number of ether oxygens (including phenoxy) is 1. The average molecular weight is 302 g/mol. The first-order chi connectivity index (χ1) is 9.93. The molecule has 1 saturated carbocycles. The van der Waals surface area contributed by atoms with Crippen LogP contribution in [0.2, 0.25) is 0 Å². The smallest absolute Gasteiger partial charge is 0.383 e. The van der Waals surface area contributed by atoms with Crippen LogP contribution < -0.4 is 10.2 Å². The predicted octanol–water partition coefficient (Wildman–Crippen LogP) is 3.04. The molecule has 3 nitrogen and oxygen atoms in total. The predicted molar refractivity (Wildman–Crippen MR) is 76.5 cm³/mol. The van der Waals surface area contributed by atoms with Gasteiger partial charge in [0.1, 0.15) is 0 Å². The molecular formula is C15H21F3N2O. The number of methoxy groups -OCH3 is 1. The Kier molecular flexibility index (Phi) is 5.11. The van der Waals surface area contributed by atoms with E-state index in [9.17, 15) is 13.2 Å². The summed E-state index contributed by atoms with van der Waals surface area (Å²) in [6, 6.07) is 4.97. The van der Waals surface area contributed by atoms with Crippen molar-refractivity contribution in [3.8, 4) is 0 Å². The van der Waals surface area contributed by atoms with E-state index in [1.54, 1.807) is 19.2 Å². The molecule has 0 bridgehead atoms. The minimum atomic E-state index is -4.33. The fourth-order valence-corrected chi connectivity index (χ4v) is 2.27. The Labute approximate surface area is 123 Å². The number of nitrogens with one attached hydrogen (secondary N) is 1. The van der Waals surface area contributed by atoms with E-state index in [-0.39, 0.29) is 12.1 Å². The van der Waals surface area contributed by atoms with Crippen molar-refractivity contribution < 1.29 is 17.9 Å². The molecule has 1 aliphatic carbocycles. The van der Waals surface area contributed by atoms with Crippen molar-refractivity contribution in [2.24, 2.45) is 0 Å². The van der Waals surface area contributed by atoms with Gasteiger partial charge in [0.15, 0.2) is 0 Å². The molecule has 21 heavy (non-hydrogen) atoms. The van der Waals surface area contributed by atoms with Gasteiger partial charge >= 0.3 is 6.18 Å². The Balaban J connectivity index is 2.15. The molecular weight excluding hydrogens is 281 g/mol. The van der Waals surface area contributed by atoms with Gasteiger partial charge in [-0.2, -0.15) is 13.2 Å². The second-order valence-electron chi connectivity index (χ2n) is 5.35. The highest BCUT2D eigenvalue weighted by atomic mass is 19.4. The highest BCUT2D eigenvalue weighted by Gasteiger charge is 2.34. The van der Waals surface area contributed by atoms with E-state index in [0.29, 0.717) is 24.9 Å². The number of hydrogen-bond donors (Lipinski definition) is 1. The minimum absolute atomic E-state index is 0.186. The number of nitrogens with zero attached hydrogens (tertiary/aromatic N) is 1. The Morgan fingerprint density at radius 2 is 2.05 bits per heavy atom. The third-order valence-corrected chi connectivity index (χ3v) is 3.70. The number of rotatable bonds is 7. The van der Waals surface area contributed by atoms with Crippen LogP contribution in [0.5, 0.6) is 0 Å². The molecule has 1 aromatic rings. The Morgan fingerprint density at radius 1 is 1.33 bits per heavy atom. The molecule has 118 valence electrons. The molecule has 0 heterocycles. The Bertz CT molecular complexity index is 472. The van der Waals surface area contributed by atoms with Gasteiger partial charge in [0, 0.05) is 39.0 Å². The maximum atomic E-state index is 13.2. The van der Waals surface area contributed by atoms with Crippen LogP contribution in [-0.4, -0.2) is 33.4 Å². The van der Waals surface area contributed by atoms with Crippen LogP contribution in [0.15, 0.2) is 18.2 Å². The first kappa shape index (κ1) is 16.1. The van der Waals surface area contributed by atoms with Gasteiger partial charge in [-0.1, -0.05) is 6.07 Å². The van der Waals surface area contributed by atoms with Crippen molar-refractivity contribution >= 4 is 5.69 Å². The molecule has 1 fully saturated rings. The first-order valence-corrected chi connectivity index (χ1v) is 7.06. The summed E-state index contributed by atoms with van der Waals surface area (Å²) in [6.45, 7) is 1.19. The van der Waals surface area contributed by atoms with E-state index in [1.807, 2.05) is 11.9 Å². The molecule has 0 atom stereocenters. The third kappa shape index (κ3) is 4.35. The molecule has 0 unspecified atom stereocenters. The van der Waals surface area contributed by atoms with E-state index in [4.69, 9.17) is 4.74 Å². The maximum absolute atomic E-state index is 13.2. The maximum Gasteiger partial charge on any atom is 0.416 e. The van der Waals surface area contributed by atoms with E-state index >= 15 is 0 Å². The second kappa shape index (κ2) is 6.66. The van der Waals surface area contributed by atoms with Gasteiger partial charge in [-0.15, -0.1) is 0 Å². The van der Waals surface area contributed by atoms with Crippen molar-refractivity contribution in [3.63, 3.8) is 0 Å². The fraction of sp³-hybridized carbons (Fsp3) is 0.600. The summed E-state index contributed by atoms with van der Waals surface area (Å²) in [4.78, 5) is 1.93. The van der Waals surface area contributed by atoms with Crippen molar-refractivity contribution in [3.05, 3.63) is 29.3 Å². The average Bonchev–Trinajstić information content (AvgIpc) is 3.26. The molecule has 0 spiro atoms. The van der Waals surface area contributed by atoms with Crippen LogP contribution in [0, 0.1) is 0 Å². The molecule has 1 N–H and O–H groups in total. The van der Waals surface area contributed by atoms with Crippen LogP contribution in [-0.2, 0) is 17.5 Å². The summed E-state index contributed by atoms with van der Waals surface area (Å²) in [5.74, 6) is 0. The van der Waals surface area contributed by atoms with Gasteiger partial charge in [-0.25, -0.2) is 0 Å². The van der Waals surface area contributed by atoms with Crippen LogP contribution in [0.3, 0.4) is 0 Å².